The van der Waals surface area contributed by atoms with Crippen molar-refractivity contribution in [1.82, 2.24) is 4.72 Å². The molecule has 0 saturated heterocycles. The Morgan fingerprint density at radius 2 is 1.87 bits per heavy atom. The SMILES string of the molecule is CC(C(=O)O)S(=O)(=O)NCCC(C)(C)C. The Morgan fingerprint density at radius 1 is 1.40 bits per heavy atom. The van der Waals surface area contributed by atoms with Crippen LogP contribution in [0.15, 0.2) is 0 Å². The van der Waals surface area contributed by atoms with E-state index in [-0.39, 0.29) is 12.0 Å². The number of carbonyl (C=O) groups is 1. The van der Waals surface area contributed by atoms with E-state index in [1.165, 1.54) is 0 Å². The zero-order chi connectivity index (χ0) is 12.3. The van der Waals surface area contributed by atoms with E-state index in [1.54, 1.807) is 0 Å². The molecule has 2 N–H and O–H groups in total. The molecule has 0 saturated carbocycles. The van der Waals surface area contributed by atoms with E-state index in [9.17, 15) is 13.2 Å². The molecule has 0 rings (SSSR count). The third-order valence-electron chi connectivity index (χ3n) is 1.99. The molecule has 0 fully saturated rings. The molecule has 0 radical (unpaired) electrons. The van der Waals surface area contributed by atoms with Gasteiger partial charge in [-0.25, -0.2) is 13.1 Å². The Labute approximate surface area is 90.9 Å². The van der Waals surface area contributed by atoms with Gasteiger partial charge < -0.3 is 5.11 Å². The first-order valence-electron chi connectivity index (χ1n) is 4.77. The van der Waals surface area contributed by atoms with Crippen LogP contribution in [0.25, 0.3) is 0 Å². The molecule has 6 heteroatoms. The van der Waals surface area contributed by atoms with E-state index in [0.29, 0.717) is 6.42 Å². The number of nitrogens with one attached hydrogen (secondary N) is 1. The quantitative estimate of drug-likeness (QED) is 0.741. The molecule has 0 bridgehead atoms. The zero-order valence-electron chi connectivity index (χ0n) is 9.57. The molecule has 0 heterocycles. The number of carboxylic acids is 1. The molecule has 0 aliphatic rings. The summed E-state index contributed by atoms with van der Waals surface area (Å²) in [6, 6.07) is 0. The van der Waals surface area contributed by atoms with Crippen LogP contribution in [-0.4, -0.2) is 31.3 Å². The predicted octanol–water partition coefficient (Wildman–Crippen LogP) is 0.815. The fourth-order valence-electron chi connectivity index (χ4n) is 0.826. The van der Waals surface area contributed by atoms with Crippen LogP contribution in [0.4, 0.5) is 0 Å². The normalized spacial score (nSPS) is 14.9. The van der Waals surface area contributed by atoms with Gasteiger partial charge in [0.05, 0.1) is 0 Å². The Morgan fingerprint density at radius 3 is 2.20 bits per heavy atom. The third-order valence-corrected chi connectivity index (χ3v) is 3.73. The molecule has 5 nitrogen and oxygen atoms in total. The molecule has 0 spiro atoms. The average Bonchev–Trinajstić information content (AvgIpc) is 1.99. The zero-order valence-corrected chi connectivity index (χ0v) is 10.4. The maximum absolute atomic E-state index is 11.4. The van der Waals surface area contributed by atoms with Crippen LogP contribution in [-0.2, 0) is 14.8 Å². The minimum absolute atomic E-state index is 0.0228. The van der Waals surface area contributed by atoms with Crippen molar-refractivity contribution in [3.8, 4) is 0 Å². The van der Waals surface area contributed by atoms with Crippen LogP contribution in [0, 0.1) is 5.41 Å². The van der Waals surface area contributed by atoms with Gasteiger partial charge in [-0.05, 0) is 18.8 Å². The van der Waals surface area contributed by atoms with E-state index >= 15 is 0 Å². The van der Waals surface area contributed by atoms with Crippen molar-refractivity contribution in [2.45, 2.75) is 39.4 Å². The second-order valence-corrected chi connectivity index (χ2v) is 6.82. The van der Waals surface area contributed by atoms with E-state index in [4.69, 9.17) is 5.11 Å². The summed E-state index contributed by atoms with van der Waals surface area (Å²) in [6.45, 7) is 7.39. The summed E-state index contributed by atoms with van der Waals surface area (Å²) in [7, 11) is -3.73. The van der Waals surface area contributed by atoms with Gasteiger partial charge in [0.25, 0.3) is 0 Å². The summed E-state index contributed by atoms with van der Waals surface area (Å²) in [4.78, 5) is 10.5. The lowest BCUT2D eigenvalue weighted by atomic mass is 9.93. The van der Waals surface area contributed by atoms with Crippen LogP contribution in [0.1, 0.15) is 34.1 Å². The molecule has 0 amide bonds. The van der Waals surface area contributed by atoms with Crippen molar-refractivity contribution in [1.29, 1.82) is 0 Å². The molecule has 0 aromatic heterocycles. The van der Waals surface area contributed by atoms with Gasteiger partial charge in [-0.3, -0.25) is 4.79 Å². The number of sulfonamides is 1. The first-order valence-corrected chi connectivity index (χ1v) is 6.32. The monoisotopic (exact) mass is 237 g/mol. The highest BCUT2D eigenvalue weighted by Crippen LogP contribution is 2.17. The van der Waals surface area contributed by atoms with Gasteiger partial charge in [0.1, 0.15) is 0 Å². The van der Waals surface area contributed by atoms with Crippen molar-refractivity contribution in [3.05, 3.63) is 0 Å². The van der Waals surface area contributed by atoms with E-state index < -0.39 is 21.2 Å². The Bertz CT molecular complexity index is 315. The molecule has 90 valence electrons. The van der Waals surface area contributed by atoms with Crippen LogP contribution in [0.5, 0.6) is 0 Å². The maximum Gasteiger partial charge on any atom is 0.323 e. The maximum atomic E-state index is 11.4. The number of hydrogen-bond donors (Lipinski definition) is 2. The average molecular weight is 237 g/mol. The molecule has 15 heavy (non-hydrogen) atoms. The van der Waals surface area contributed by atoms with Crippen molar-refractivity contribution in [2.24, 2.45) is 5.41 Å². The van der Waals surface area contributed by atoms with Gasteiger partial charge in [0.2, 0.25) is 10.0 Å². The van der Waals surface area contributed by atoms with Crippen molar-refractivity contribution < 1.29 is 18.3 Å². The lowest BCUT2D eigenvalue weighted by Crippen LogP contribution is -2.38. The molecular weight excluding hydrogens is 218 g/mol. The summed E-state index contributed by atoms with van der Waals surface area (Å²) >= 11 is 0. The predicted molar refractivity (Wildman–Crippen MR) is 58.1 cm³/mol. The van der Waals surface area contributed by atoms with Crippen molar-refractivity contribution in [3.63, 3.8) is 0 Å². The Hall–Kier alpha value is -0.620. The van der Waals surface area contributed by atoms with Gasteiger partial charge >= 0.3 is 5.97 Å². The Balaban J connectivity index is 4.24. The lowest BCUT2D eigenvalue weighted by molar-refractivity contribution is -0.136. The van der Waals surface area contributed by atoms with E-state index in [1.807, 2.05) is 20.8 Å². The standard InChI is InChI=1S/C9H19NO4S/c1-7(8(11)12)15(13,14)10-6-5-9(2,3)4/h7,10H,5-6H2,1-4H3,(H,11,12). The molecule has 0 aliphatic carbocycles. The van der Waals surface area contributed by atoms with Crippen LogP contribution < -0.4 is 4.72 Å². The number of hydrogen-bond acceptors (Lipinski definition) is 3. The largest absolute Gasteiger partial charge is 0.480 e. The van der Waals surface area contributed by atoms with E-state index in [2.05, 4.69) is 4.72 Å². The number of carboxylic acid groups (broad SMARTS) is 1. The lowest BCUT2D eigenvalue weighted by Gasteiger charge is -2.18. The van der Waals surface area contributed by atoms with E-state index in [0.717, 1.165) is 6.92 Å². The highest BCUT2D eigenvalue weighted by atomic mass is 32.2. The topological polar surface area (TPSA) is 83.5 Å². The van der Waals surface area contributed by atoms with Gasteiger partial charge in [0.15, 0.2) is 5.25 Å². The fourth-order valence-corrected chi connectivity index (χ4v) is 1.73. The van der Waals surface area contributed by atoms with Crippen molar-refractivity contribution >= 4 is 16.0 Å². The molecule has 1 atom stereocenters. The van der Waals surface area contributed by atoms with Crippen LogP contribution in [0.2, 0.25) is 0 Å². The number of aliphatic carboxylic acids is 1. The highest BCUT2D eigenvalue weighted by Gasteiger charge is 2.27. The van der Waals surface area contributed by atoms with Crippen molar-refractivity contribution in [2.75, 3.05) is 6.54 Å². The third kappa shape index (κ3) is 5.74. The van der Waals surface area contributed by atoms with Crippen LogP contribution >= 0.6 is 0 Å². The van der Waals surface area contributed by atoms with Gasteiger partial charge in [-0.2, -0.15) is 0 Å². The summed E-state index contributed by atoms with van der Waals surface area (Å²) in [5.41, 5.74) is 0.0228. The second kappa shape index (κ2) is 4.94. The Kier molecular flexibility index (Phi) is 4.73. The van der Waals surface area contributed by atoms with Gasteiger partial charge in [-0.1, -0.05) is 20.8 Å². The smallest absolute Gasteiger partial charge is 0.323 e. The molecule has 0 aliphatic heterocycles. The minimum atomic E-state index is -3.73. The van der Waals surface area contributed by atoms with Gasteiger partial charge in [0, 0.05) is 6.54 Å². The minimum Gasteiger partial charge on any atom is -0.480 e. The van der Waals surface area contributed by atoms with Crippen LogP contribution in [0.3, 0.4) is 0 Å². The highest BCUT2D eigenvalue weighted by molar-refractivity contribution is 7.90. The number of rotatable bonds is 5. The first-order chi connectivity index (χ1) is 6.56. The van der Waals surface area contributed by atoms with Gasteiger partial charge in [-0.15, -0.1) is 0 Å². The fraction of sp³-hybridized carbons (Fsp3) is 0.889. The molecular formula is C9H19NO4S. The molecule has 1 unspecified atom stereocenters. The second-order valence-electron chi connectivity index (χ2n) is 4.73. The summed E-state index contributed by atoms with van der Waals surface area (Å²) in [6.07, 6.45) is 0.665. The molecule has 0 aromatic carbocycles. The molecule has 0 aromatic rings. The summed E-state index contributed by atoms with van der Waals surface area (Å²) < 4.78 is 25.0. The summed E-state index contributed by atoms with van der Waals surface area (Å²) in [5, 5.41) is 7.15. The summed E-state index contributed by atoms with van der Waals surface area (Å²) in [5.74, 6) is -1.33. The first kappa shape index (κ1) is 14.4.